The van der Waals surface area contributed by atoms with Gasteiger partial charge in [-0.05, 0) is 30.7 Å². The van der Waals surface area contributed by atoms with Crippen molar-refractivity contribution in [2.45, 2.75) is 51.6 Å². The molecule has 118 valence electrons. The largest absolute Gasteiger partial charge is 0.392 e. The molecule has 1 N–H and O–H groups in total. The van der Waals surface area contributed by atoms with E-state index in [1.54, 1.807) is 0 Å². The molecular formula is C19H32NO+. The summed E-state index contributed by atoms with van der Waals surface area (Å²) in [4.78, 5) is 0. The first-order chi connectivity index (χ1) is 10.0. The molecule has 0 spiro atoms. The molecule has 0 bridgehead atoms. The van der Waals surface area contributed by atoms with E-state index in [9.17, 15) is 5.11 Å². The Hall–Kier alpha value is -0.860. The van der Waals surface area contributed by atoms with E-state index in [2.05, 4.69) is 45.2 Å². The van der Waals surface area contributed by atoms with Crippen molar-refractivity contribution in [1.29, 1.82) is 0 Å². The molecule has 0 aromatic heterocycles. The van der Waals surface area contributed by atoms with E-state index in [0.717, 1.165) is 17.4 Å². The van der Waals surface area contributed by atoms with Crippen LogP contribution in [-0.4, -0.2) is 42.4 Å². The molecule has 1 aromatic carbocycles. The first-order valence-corrected chi connectivity index (χ1v) is 8.58. The molecule has 1 fully saturated rings. The number of hydrogen-bond acceptors (Lipinski definition) is 1. The van der Waals surface area contributed by atoms with Gasteiger partial charge in [0.05, 0.1) is 32.8 Å². The number of piperidine rings is 1. The quantitative estimate of drug-likeness (QED) is 0.790. The zero-order chi connectivity index (χ0) is 15.3. The van der Waals surface area contributed by atoms with Gasteiger partial charge in [-0.25, -0.2) is 0 Å². The molecule has 1 saturated heterocycles. The number of nitrogens with zero attached hydrogens (tertiary/aromatic N) is 1. The highest BCUT2D eigenvalue weighted by Crippen LogP contribution is 2.30. The minimum absolute atomic E-state index is 0.232. The molecule has 1 aliphatic heterocycles. The van der Waals surface area contributed by atoms with Gasteiger partial charge in [-0.2, -0.15) is 0 Å². The van der Waals surface area contributed by atoms with Crippen LogP contribution in [0.4, 0.5) is 0 Å². The maximum Gasteiger partial charge on any atom is 0.0809 e. The second-order valence-corrected chi connectivity index (χ2v) is 7.39. The van der Waals surface area contributed by atoms with Gasteiger partial charge in [0.2, 0.25) is 0 Å². The van der Waals surface area contributed by atoms with Gasteiger partial charge in [-0.15, -0.1) is 0 Å². The summed E-state index contributed by atoms with van der Waals surface area (Å²) in [6, 6.07) is 10.5. The van der Waals surface area contributed by atoms with E-state index >= 15 is 0 Å². The zero-order valence-corrected chi connectivity index (χ0v) is 14.0. The monoisotopic (exact) mass is 290 g/mol. The van der Waals surface area contributed by atoms with E-state index in [4.69, 9.17) is 0 Å². The fourth-order valence-corrected chi connectivity index (χ4v) is 3.85. The van der Waals surface area contributed by atoms with Gasteiger partial charge in [0.15, 0.2) is 0 Å². The molecule has 1 heterocycles. The number of aliphatic hydroxyl groups excluding tert-OH is 1. The molecule has 2 nitrogen and oxygen atoms in total. The minimum atomic E-state index is -0.232. The summed E-state index contributed by atoms with van der Waals surface area (Å²) in [6.45, 7) is 8.11. The smallest absolute Gasteiger partial charge is 0.0809 e. The van der Waals surface area contributed by atoms with Crippen molar-refractivity contribution in [2.75, 3.05) is 26.7 Å². The van der Waals surface area contributed by atoms with Gasteiger partial charge in [0.25, 0.3) is 0 Å². The summed E-state index contributed by atoms with van der Waals surface area (Å²) in [5.41, 5.74) is 1.28. The van der Waals surface area contributed by atoms with Crippen molar-refractivity contribution < 1.29 is 9.59 Å². The van der Waals surface area contributed by atoms with Crippen molar-refractivity contribution in [3.63, 3.8) is 0 Å². The van der Waals surface area contributed by atoms with Crippen molar-refractivity contribution in [3.05, 3.63) is 35.9 Å². The van der Waals surface area contributed by atoms with Crippen molar-refractivity contribution in [3.8, 4) is 0 Å². The molecule has 1 aliphatic rings. The molecule has 1 aromatic rings. The van der Waals surface area contributed by atoms with Crippen LogP contribution in [0.2, 0.25) is 0 Å². The van der Waals surface area contributed by atoms with Gasteiger partial charge in [-0.3, -0.25) is 0 Å². The van der Waals surface area contributed by atoms with Crippen LogP contribution < -0.4 is 0 Å². The topological polar surface area (TPSA) is 20.2 Å². The first-order valence-electron chi connectivity index (χ1n) is 8.58. The molecule has 2 heteroatoms. The Morgan fingerprint density at radius 1 is 1.05 bits per heavy atom. The SMILES string of the molecule is CC(C)[C@H](c1ccccc1)[C@H](O)CC[N+]1(C)CCCCC1. The lowest BCUT2D eigenvalue weighted by Gasteiger charge is -2.39. The molecule has 21 heavy (non-hydrogen) atoms. The number of hydrogen-bond donors (Lipinski definition) is 1. The lowest BCUT2D eigenvalue weighted by Crippen LogP contribution is -2.49. The second-order valence-electron chi connectivity index (χ2n) is 7.39. The highest BCUT2D eigenvalue weighted by atomic mass is 16.3. The Balaban J connectivity index is 1.97. The van der Waals surface area contributed by atoms with Crippen LogP contribution in [0.5, 0.6) is 0 Å². The third-order valence-electron chi connectivity index (χ3n) is 5.18. The van der Waals surface area contributed by atoms with Crippen LogP contribution in [0.1, 0.15) is 51.0 Å². The summed E-state index contributed by atoms with van der Waals surface area (Å²) >= 11 is 0. The van der Waals surface area contributed by atoms with Gasteiger partial charge < -0.3 is 9.59 Å². The van der Waals surface area contributed by atoms with Gasteiger partial charge in [0, 0.05) is 12.3 Å². The summed E-state index contributed by atoms with van der Waals surface area (Å²) in [5.74, 6) is 0.719. The minimum Gasteiger partial charge on any atom is -0.392 e. The average Bonchev–Trinajstić information content (AvgIpc) is 2.47. The Morgan fingerprint density at radius 2 is 1.67 bits per heavy atom. The average molecular weight is 290 g/mol. The lowest BCUT2D eigenvalue weighted by molar-refractivity contribution is -0.914. The highest BCUT2D eigenvalue weighted by molar-refractivity contribution is 5.21. The Morgan fingerprint density at radius 3 is 2.24 bits per heavy atom. The second kappa shape index (κ2) is 7.42. The first kappa shape index (κ1) is 16.5. The summed E-state index contributed by atoms with van der Waals surface area (Å²) in [6.07, 6.45) is 4.75. The predicted octanol–water partition coefficient (Wildman–Crippen LogP) is 3.81. The summed E-state index contributed by atoms with van der Waals surface area (Å²) in [5, 5.41) is 10.8. The maximum absolute atomic E-state index is 10.8. The molecule has 2 rings (SSSR count). The van der Waals surface area contributed by atoms with Crippen LogP contribution in [0.3, 0.4) is 0 Å². The molecule has 0 radical (unpaired) electrons. The lowest BCUT2D eigenvalue weighted by atomic mass is 9.82. The van der Waals surface area contributed by atoms with Gasteiger partial charge in [0.1, 0.15) is 0 Å². The van der Waals surface area contributed by atoms with Crippen LogP contribution >= 0.6 is 0 Å². The fraction of sp³-hybridized carbons (Fsp3) is 0.684. The third kappa shape index (κ3) is 4.55. The number of benzene rings is 1. The van der Waals surface area contributed by atoms with E-state index < -0.39 is 0 Å². The van der Waals surface area contributed by atoms with E-state index in [0.29, 0.717) is 5.92 Å². The maximum atomic E-state index is 10.8. The van der Waals surface area contributed by atoms with Crippen molar-refractivity contribution in [1.82, 2.24) is 0 Å². The predicted molar refractivity (Wildman–Crippen MR) is 89.3 cm³/mol. The fourth-order valence-electron chi connectivity index (χ4n) is 3.85. The third-order valence-corrected chi connectivity index (χ3v) is 5.18. The van der Waals surface area contributed by atoms with Gasteiger partial charge >= 0.3 is 0 Å². The number of aliphatic hydroxyl groups is 1. The Bertz CT molecular complexity index is 409. The summed E-state index contributed by atoms with van der Waals surface area (Å²) in [7, 11) is 2.36. The van der Waals surface area contributed by atoms with E-state index in [1.165, 1.54) is 37.9 Å². The molecule has 0 unspecified atom stereocenters. The van der Waals surface area contributed by atoms with Crippen LogP contribution in [0, 0.1) is 5.92 Å². The molecular weight excluding hydrogens is 258 g/mol. The summed E-state index contributed by atoms with van der Waals surface area (Å²) < 4.78 is 1.15. The van der Waals surface area contributed by atoms with E-state index in [1.807, 2.05) is 6.07 Å². The van der Waals surface area contributed by atoms with Gasteiger partial charge in [-0.1, -0.05) is 44.2 Å². The van der Waals surface area contributed by atoms with Crippen LogP contribution in [0.15, 0.2) is 30.3 Å². The van der Waals surface area contributed by atoms with Crippen LogP contribution in [0.25, 0.3) is 0 Å². The Labute approximate surface area is 130 Å². The standard InChI is InChI=1S/C19H32NO/c1-16(2)19(17-10-6-4-7-11-17)18(21)12-15-20(3)13-8-5-9-14-20/h4,6-7,10-11,16,18-19,21H,5,8-9,12-15H2,1-3H3/q+1/t18-,19-/m1/s1. The number of rotatable bonds is 6. The van der Waals surface area contributed by atoms with E-state index in [-0.39, 0.29) is 12.0 Å². The van der Waals surface area contributed by atoms with Crippen molar-refractivity contribution >= 4 is 0 Å². The van der Waals surface area contributed by atoms with Crippen LogP contribution in [-0.2, 0) is 0 Å². The Kier molecular flexibility index (Phi) is 5.83. The molecule has 0 aliphatic carbocycles. The highest BCUT2D eigenvalue weighted by Gasteiger charge is 2.29. The van der Waals surface area contributed by atoms with Crippen molar-refractivity contribution in [2.24, 2.45) is 5.92 Å². The molecule has 0 saturated carbocycles. The zero-order valence-electron chi connectivity index (χ0n) is 14.0. The molecule has 0 amide bonds. The normalized spacial score (nSPS) is 21.2. The number of quaternary nitrogens is 1. The number of likely N-dealkylation sites (tertiary alicyclic amines) is 1. The molecule has 2 atom stereocenters.